The Balaban J connectivity index is 1.95. The van der Waals surface area contributed by atoms with Crippen LogP contribution in [0.15, 0.2) is 42.5 Å². The summed E-state index contributed by atoms with van der Waals surface area (Å²) in [6, 6.07) is 12.4. The van der Waals surface area contributed by atoms with E-state index < -0.39 is 12.6 Å². The van der Waals surface area contributed by atoms with Gasteiger partial charge < -0.3 is 9.84 Å². The summed E-state index contributed by atoms with van der Waals surface area (Å²) >= 11 is 13.6. The highest BCUT2D eigenvalue weighted by Gasteiger charge is 2.20. The third-order valence-electron chi connectivity index (χ3n) is 3.29. The molecule has 2 aromatic carbocycles. The number of benzene rings is 2. The molecule has 24 heavy (non-hydrogen) atoms. The number of halogens is 2. The number of hydrogen-bond donors (Lipinski definition) is 1. The van der Waals surface area contributed by atoms with Crippen LogP contribution in [-0.2, 0) is 4.79 Å². The molecule has 0 saturated carbocycles. The number of ether oxygens (including phenoxy) is 1. The zero-order valence-electron chi connectivity index (χ0n) is 12.1. The van der Waals surface area contributed by atoms with E-state index in [9.17, 15) is 9.59 Å². The zero-order valence-corrected chi connectivity index (χ0v) is 14.4. The molecule has 7 heteroatoms. The summed E-state index contributed by atoms with van der Waals surface area (Å²) in [4.78, 5) is 23.8. The van der Waals surface area contributed by atoms with Crippen LogP contribution >= 0.6 is 34.5 Å². The molecule has 0 aliphatic heterocycles. The van der Waals surface area contributed by atoms with Crippen molar-refractivity contribution in [3.63, 3.8) is 0 Å². The number of ketones is 1. The van der Waals surface area contributed by atoms with Gasteiger partial charge in [-0.2, -0.15) is 0 Å². The normalized spacial score (nSPS) is 10.8. The number of rotatable bonds is 5. The minimum Gasteiger partial charge on any atom is -0.480 e. The van der Waals surface area contributed by atoms with Gasteiger partial charge in [0.15, 0.2) is 6.61 Å². The van der Waals surface area contributed by atoms with Gasteiger partial charge in [-0.05, 0) is 29.7 Å². The van der Waals surface area contributed by atoms with Crippen LogP contribution in [0.1, 0.15) is 15.2 Å². The van der Waals surface area contributed by atoms with E-state index in [2.05, 4.69) is 0 Å². The topological polar surface area (TPSA) is 63.6 Å². The van der Waals surface area contributed by atoms with Gasteiger partial charge in [-0.15, -0.1) is 11.3 Å². The van der Waals surface area contributed by atoms with Crippen LogP contribution in [0.4, 0.5) is 0 Å². The summed E-state index contributed by atoms with van der Waals surface area (Å²) in [5.74, 6) is -1.25. The standard InChI is InChI=1S/C17H10Cl2O4S/c18-15-10(5-6-11(16(15)19)23-8-14(20)21)17(22)13-7-9-3-1-2-4-12(9)24-13/h1-7H,8H2,(H,20,21). The first-order chi connectivity index (χ1) is 11.5. The van der Waals surface area contributed by atoms with Crippen molar-refractivity contribution < 1.29 is 19.4 Å². The van der Waals surface area contributed by atoms with E-state index in [4.69, 9.17) is 33.0 Å². The predicted molar refractivity (Wildman–Crippen MR) is 94.9 cm³/mol. The molecule has 0 spiro atoms. The van der Waals surface area contributed by atoms with Crippen molar-refractivity contribution in [2.24, 2.45) is 0 Å². The summed E-state index contributed by atoms with van der Waals surface area (Å²) in [6.45, 7) is -0.542. The van der Waals surface area contributed by atoms with Gasteiger partial charge in [0, 0.05) is 10.3 Å². The summed E-state index contributed by atoms with van der Waals surface area (Å²) in [5.41, 5.74) is 0.246. The molecular formula is C17H10Cl2O4S. The summed E-state index contributed by atoms with van der Waals surface area (Å²) in [6.07, 6.45) is 0. The van der Waals surface area contributed by atoms with E-state index in [0.717, 1.165) is 10.1 Å². The quantitative estimate of drug-likeness (QED) is 0.639. The van der Waals surface area contributed by atoms with Crippen LogP contribution in [-0.4, -0.2) is 23.5 Å². The Morgan fingerprint density at radius 2 is 1.83 bits per heavy atom. The highest BCUT2D eigenvalue weighted by atomic mass is 35.5. The molecule has 0 radical (unpaired) electrons. The third kappa shape index (κ3) is 3.24. The first kappa shape index (κ1) is 16.8. The van der Waals surface area contributed by atoms with Gasteiger partial charge in [-0.1, -0.05) is 41.4 Å². The molecule has 122 valence electrons. The van der Waals surface area contributed by atoms with Crippen molar-refractivity contribution >= 4 is 56.4 Å². The molecule has 0 unspecified atom stereocenters. The molecular weight excluding hydrogens is 371 g/mol. The second kappa shape index (κ2) is 6.81. The number of carbonyl (C=O) groups is 2. The molecule has 0 amide bonds. The van der Waals surface area contributed by atoms with Crippen molar-refractivity contribution in [3.05, 3.63) is 63.0 Å². The van der Waals surface area contributed by atoms with Crippen molar-refractivity contribution in [2.75, 3.05) is 6.61 Å². The number of hydrogen-bond acceptors (Lipinski definition) is 4. The lowest BCUT2D eigenvalue weighted by Gasteiger charge is -2.09. The Morgan fingerprint density at radius 1 is 1.08 bits per heavy atom. The van der Waals surface area contributed by atoms with Crippen molar-refractivity contribution in [1.82, 2.24) is 0 Å². The molecule has 3 aromatic rings. The lowest BCUT2D eigenvalue weighted by Crippen LogP contribution is -2.10. The predicted octanol–water partition coefficient (Wildman–Crippen LogP) is 4.90. The maximum Gasteiger partial charge on any atom is 0.341 e. The number of fused-ring (bicyclic) bond motifs is 1. The van der Waals surface area contributed by atoms with E-state index in [0.29, 0.717) is 4.88 Å². The van der Waals surface area contributed by atoms with Crippen LogP contribution in [0.25, 0.3) is 10.1 Å². The van der Waals surface area contributed by atoms with Crippen LogP contribution in [0.2, 0.25) is 10.0 Å². The van der Waals surface area contributed by atoms with Crippen LogP contribution in [0.5, 0.6) is 5.75 Å². The highest BCUT2D eigenvalue weighted by molar-refractivity contribution is 7.21. The van der Waals surface area contributed by atoms with Gasteiger partial charge in [-0.3, -0.25) is 4.79 Å². The van der Waals surface area contributed by atoms with Gasteiger partial charge in [0.05, 0.1) is 9.90 Å². The maximum absolute atomic E-state index is 12.7. The Bertz CT molecular complexity index is 916. The molecule has 1 aromatic heterocycles. The first-order valence-corrected chi connectivity index (χ1v) is 8.40. The van der Waals surface area contributed by atoms with E-state index in [1.165, 1.54) is 23.5 Å². The van der Waals surface area contributed by atoms with Crippen molar-refractivity contribution in [3.8, 4) is 5.75 Å². The second-order valence-corrected chi connectivity index (χ2v) is 6.74. The largest absolute Gasteiger partial charge is 0.480 e. The lowest BCUT2D eigenvalue weighted by atomic mass is 10.1. The molecule has 0 aliphatic rings. The Labute approximate surface area is 151 Å². The minimum absolute atomic E-state index is 0.0184. The number of carboxylic acids is 1. The second-order valence-electron chi connectivity index (χ2n) is 4.90. The Hall–Kier alpha value is -2.08. The van der Waals surface area contributed by atoms with Gasteiger partial charge in [0.1, 0.15) is 10.8 Å². The van der Waals surface area contributed by atoms with Gasteiger partial charge in [0.25, 0.3) is 0 Å². The van der Waals surface area contributed by atoms with Crippen LogP contribution < -0.4 is 4.74 Å². The molecule has 0 atom stereocenters. The number of thiophene rings is 1. The molecule has 1 heterocycles. The fourth-order valence-corrected chi connectivity index (χ4v) is 3.66. The van der Waals surface area contributed by atoms with Crippen LogP contribution in [0.3, 0.4) is 0 Å². The van der Waals surface area contributed by atoms with E-state index in [1.807, 2.05) is 24.3 Å². The number of carboxylic acid groups (broad SMARTS) is 1. The molecule has 4 nitrogen and oxygen atoms in total. The van der Waals surface area contributed by atoms with Crippen LogP contribution in [0, 0.1) is 0 Å². The summed E-state index contributed by atoms with van der Waals surface area (Å²) < 4.78 is 6.05. The summed E-state index contributed by atoms with van der Waals surface area (Å²) in [7, 11) is 0. The molecule has 0 saturated heterocycles. The monoisotopic (exact) mass is 380 g/mol. The van der Waals surface area contributed by atoms with Gasteiger partial charge in [0.2, 0.25) is 5.78 Å². The smallest absolute Gasteiger partial charge is 0.341 e. The van der Waals surface area contributed by atoms with Crippen molar-refractivity contribution in [2.45, 2.75) is 0 Å². The molecule has 0 fully saturated rings. The minimum atomic E-state index is -1.13. The molecule has 0 aliphatic carbocycles. The first-order valence-electron chi connectivity index (χ1n) is 6.83. The van der Waals surface area contributed by atoms with Gasteiger partial charge in [-0.25, -0.2) is 4.79 Å². The Kier molecular flexibility index (Phi) is 4.76. The highest BCUT2D eigenvalue weighted by Crippen LogP contribution is 2.37. The third-order valence-corrected chi connectivity index (χ3v) is 5.27. The molecule has 0 bridgehead atoms. The molecule has 3 rings (SSSR count). The fourth-order valence-electron chi connectivity index (χ4n) is 2.18. The number of carbonyl (C=O) groups excluding carboxylic acids is 1. The zero-order chi connectivity index (χ0) is 17.3. The SMILES string of the molecule is O=C(O)COc1ccc(C(=O)c2cc3ccccc3s2)c(Cl)c1Cl. The van der Waals surface area contributed by atoms with Crippen molar-refractivity contribution in [1.29, 1.82) is 0 Å². The van der Waals surface area contributed by atoms with E-state index in [-0.39, 0.29) is 27.1 Å². The average Bonchev–Trinajstić information content (AvgIpc) is 2.99. The molecule has 1 N–H and O–H groups in total. The van der Waals surface area contributed by atoms with E-state index >= 15 is 0 Å². The summed E-state index contributed by atoms with van der Waals surface area (Å²) in [5, 5.41) is 9.68. The van der Waals surface area contributed by atoms with E-state index in [1.54, 1.807) is 6.07 Å². The fraction of sp³-hybridized carbons (Fsp3) is 0.0588. The average molecular weight is 381 g/mol. The van der Waals surface area contributed by atoms with Gasteiger partial charge >= 0.3 is 5.97 Å². The maximum atomic E-state index is 12.7. The Morgan fingerprint density at radius 3 is 2.54 bits per heavy atom. The lowest BCUT2D eigenvalue weighted by molar-refractivity contribution is -0.139. The number of aliphatic carboxylic acids is 1.